The standard InChI is InChI=1S/C18H22N2O6S2/c1-26-12-2-4-13(5-3-12)28(24,25)20-9-6-16-14(8-11-27-16)15(7-10-21)17(20)18(22)19-23/h2-5,8,11,15,17,21,23H,6-7,9-10H2,1H3,(H,19,22). The van der Waals surface area contributed by atoms with E-state index in [2.05, 4.69) is 0 Å². The Balaban J connectivity index is 2.08. The van der Waals surface area contributed by atoms with Gasteiger partial charge < -0.3 is 9.84 Å². The number of nitrogens with one attached hydrogen (secondary N) is 1. The molecular weight excluding hydrogens is 404 g/mol. The topological polar surface area (TPSA) is 116 Å². The van der Waals surface area contributed by atoms with E-state index in [0.717, 1.165) is 14.7 Å². The number of thiophene rings is 1. The first-order valence-electron chi connectivity index (χ1n) is 8.71. The lowest BCUT2D eigenvalue weighted by molar-refractivity contribution is -0.134. The van der Waals surface area contributed by atoms with Crippen molar-refractivity contribution >= 4 is 27.3 Å². The van der Waals surface area contributed by atoms with Gasteiger partial charge in [0.25, 0.3) is 5.91 Å². The number of amides is 1. The Hall–Kier alpha value is -1.98. The van der Waals surface area contributed by atoms with Crippen LogP contribution >= 0.6 is 11.3 Å². The van der Waals surface area contributed by atoms with Crippen molar-refractivity contribution in [3.8, 4) is 5.75 Å². The molecular formula is C18H22N2O6S2. The van der Waals surface area contributed by atoms with Crippen molar-refractivity contribution in [1.82, 2.24) is 9.79 Å². The number of carbonyl (C=O) groups excluding carboxylic acids is 1. The van der Waals surface area contributed by atoms with Gasteiger partial charge in [-0.3, -0.25) is 10.0 Å². The molecule has 0 saturated carbocycles. The van der Waals surface area contributed by atoms with Gasteiger partial charge in [-0.1, -0.05) is 0 Å². The summed E-state index contributed by atoms with van der Waals surface area (Å²) in [6.07, 6.45) is 0.635. The molecule has 2 atom stereocenters. The third-order valence-electron chi connectivity index (χ3n) is 4.91. The fourth-order valence-corrected chi connectivity index (χ4v) is 6.16. The quantitative estimate of drug-likeness (QED) is 0.474. The minimum Gasteiger partial charge on any atom is -0.497 e. The fourth-order valence-electron chi connectivity index (χ4n) is 3.59. The smallest absolute Gasteiger partial charge is 0.262 e. The van der Waals surface area contributed by atoms with Crippen LogP contribution in [0.1, 0.15) is 22.8 Å². The first kappa shape index (κ1) is 20.7. The van der Waals surface area contributed by atoms with E-state index >= 15 is 0 Å². The van der Waals surface area contributed by atoms with Gasteiger partial charge in [-0.05, 0) is 54.1 Å². The second-order valence-electron chi connectivity index (χ2n) is 6.38. The Bertz CT molecular complexity index is 926. The molecule has 1 aliphatic heterocycles. The maximum absolute atomic E-state index is 13.4. The van der Waals surface area contributed by atoms with Gasteiger partial charge in [0.05, 0.1) is 12.0 Å². The van der Waals surface area contributed by atoms with Crippen molar-refractivity contribution in [2.45, 2.75) is 29.7 Å². The van der Waals surface area contributed by atoms with E-state index in [0.29, 0.717) is 12.2 Å². The zero-order chi connectivity index (χ0) is 20.3. The van der Waals surface area contributed by atoms with E-state index in [4.69, 9.17) is 4.74 Å². The lowest BCUT2D eigenvalue weighted by Crippen LogP contribution is -2.51. The molecule has 2 unspecified atom stereocenters. The van der Waals surface area contributed by atoms with E-state index in [-0.39, 0.29) is 24.5 Å². The van der Waals surface area contributed by atoms with Gasteiger partial charge >= 0.3 is 0 Å². The molecule has 1 aliphatic rings. The number of hydrogen-bond acceptors (Lipinski definition) is 7. The molecule has 10 heteroatoms. The summed E-state index contributed by atoms with van der Waals surface area (Å²) in [7, 11) is -2.55. The van der Waals surface area contributed by atoms with Crippen molar-refractivity contribution < 1.29 is 28.3 Å². The molecule has 0 fully saturated rings. The highest BCUT2D eigenvalue weighted by Gasteiger charge is 2.43. The molecule has 28 heavy (non-hydrogen) atoms. The zero-order valence-corrected chi connectivity index (χ0v) is 16.9. The van der Waals surface area contributed by atoms with Crippen LogP contribution in [0.3, 0.4) is 0 Å². The molecule has 1 aromatic carbocycles. The lowest BCUT2D eigenvalue weighted by Gasteiger charge is -2.32. The number of aliphatic hydroxyl groups excluding tert-OH is 1. The summed E-state index contributed by atoms with van der Waals surface area (Å²) in [4.78, 5) is 13.6. The van der Waals surface area contributed by atoms with Crippen LogP contribution in [0.15, 0.2) is 40.6 Å². The van der Waals surface area contributed by atoms with Crippen LogP contribution < -0.4 is 10.2 Å². The summed E-state index contributed by atoms with van der Waals surface area (Å²) >= 11 is 1.49. The van der Waals surface area contributed by atoms with E-state index < -0.39 is 27.9 Å². The van der Waals surface area contributed by atoms with Crippen LogP contribution in [0.25, 0.3) is 0 Å². The van der Waals surface area contributed by atoms with E-state index in [1.54, 1.807) is 5.48 Å². The number of hydroxylamine groups is 1. The molecule has 0 radical (unpaired) electrons. The SMILES string of the molecule is COc1ccc(S(=O)(=O)N2CCc3sccc3C(CCO)C2C(=O)NO)cc1. The zero-order valence-electron chi connectivity index (χ0n) is 15.2. The Morgan fingerprint density at radius 2 is 2.04 bits per heavy atom. The summed E-state index contributed by atoms with van der Waals surface area (Å²) < 4.78 is 32.9. The predicted molar refractivity (Wildman–Crippen MR) is 103 cm³/mol. The van der Waals surface area contributed by atoms with Gasteiger partial charge in [0.2, 0.25) is 10.0 Å². The summed E-state index contributed by atoms with van der Waals surface area (Å²) in [6, 6.07) is 6.58. The minimum absolute atomic E-state index is 0.0250. The summed E-state index contributed by atoms with van der Waals surface area (Å²) in [5.41, 5.74) is 2.44. The average molecular weight is 427 g/mol. The maximum Gasteiger partial charge on any atom is 0.262 e. The van der Waals surface area contributed by atoms with Crippen LogP contribution in [0.5, 0.6) is 5.75 Å². The number of hydrogen-bond donors (Lipinski definition) is 3. The van der Waals surface area contributed by atoms with Crippen LogP contribution in [0, 0.1) is 0 Å². The van der Waals surface area contributed by atoms with Gasteiger partial charge in [0, 0.05) is 23.9 Å². The van der Waals surface area contributed by atoms with Crippen molar-refractivity contribution in [3.05, 3.63) is 46.2 Å². The second-order valence-corrected chi connectivity index (χ2v) is 9.27. The normalized spacial score (nSPS) is 20.2. The Morgan fingerprint density at radius 1 is 1.32 bits per heavy atom. The average Bonchev–Trinajstić information content (AvgIpc) is 3.11. The van der Waals surface area contributed by atoms with E-state index in [1.807, 2.05) is 11.4 Å². The van der Waals surface area contributed by atoms with Crippen LogP contribution in [-0.4, -0.2) is 55.2 Å². The van der Waals surface area contributed by atoms with Gasteiger partial charge in [0.15, 0.2) is 0 Å². The van der Waals surface area contributed by atoms with Gasteiger partial charge in [0.1, 0.15) is 11.8 Å². The highest BCUT2D eigenvalue weighted by atomic mass is 32.2. The van der Waals surface area contributed by atoms with E-state index in [9.17, 15) is 23.5 Å². The molecule has 0 bridgehead atoms. The molecule has 152 valence electrons. The number of benzene rings is 1. The first-order chi connectivity index (χ1) is 13.4. The number of rotatable bonds is 6. The van der Waals surface area contributed by atoms with Gasteiger partial charge in [-0.15, -0.1) is 11.3 Å². The molecule has 1 aromatic heterocycles. The number of carbonyl (C=O) groups is 1. The largest absolute Gasteiger partial charge is 0.497 e. The molecule has 2 heterocycles. The number of nitrogens with zero attached hydrogens (tertiary/aromatic N) is 1. The molecule has 0 spiro atoms. The van der Waals surface area contributed by atoms with Crippen LogP contribution in [0.2, 0.25) is 0 Å². The molecule has 0 aliphatic carbocycles. The molecule has 8 nitrogen and oxygen atoms in total. The van der Waals surface area contributed by atoms with Crippen molar-refractivity contribution in [3.63, 3.8) is 0 Å². The van der Waals surface area contributed by atoms with Crippen LogP contribution in [0.4, 0.5) is 0 Å². The summed E-state index contributed by atoms with van der Waals surface area (Å²) in [6.45, 7) is -0.131. The Morgan fingerprint density at radius 3 is 2.64 bits per heavy atom. The number of ether oxygens (including phenoxy) is 1. The van der Waals surface area contributed by atoms with Crippen molar-refractivity contribution in [1.29, 1.82) is 0 Å². The van der Waals surface area contributed by atoms with Gasteiger partial charge in [-0.25, -0.2) is 13.9 Å². The molecule has 0 saturated heterocycles. The number of aliphatic hydroxyl groups is 1. The molecule has 1 amide bonds. The van der Waals surface area contributed by atoms with Crippen molar-refractivity contribution in [2.24, 2.45) is 0 Å². The lowest BCUT2D eigenvalue weighted by atomic mass is 9.89. The summed E-state index contributed by atoms with van der Waals surface area (Å²) in [5, 5.41) is 20.7. The maximum atomic E-state index is 13.4. The fraction of sp³-hybridized carbons (Fsp3) is 0.389. The van der Waals surface area contributed by atoms with Crippen molar-refractivity contribution in [2.75, 3.05) is 20.3 Å². The highest BCUT2D eigenvalue weighted by Crippen LogP contribution is 2.38. The number of sulfonamides is 1. The monoisotopic (exact) mass is 426 g/mol. The van der Waals surface area contributed by atoms with Crippen LogP contribution in [-0.2, 0) is 21.2 Å². The van der Waals surface area contributed by atoms with Gasteiger partial charge in [-0.2, -0.15) is 4.31 Å². The second kappa shape index (κ2) is 8.58. The number of methoxy groups -OCH3 is 1. The third-order valence-corrected chi connectivity index (χ3v) is 7.81. The predicted octanol–water partition coefficient (Wildman–Crippen LogP) is 1.34. The number of fused-ring (bicyclic) bond motifs is 1. The minimum atomic E-state index is -4.03. The Kier molecular flexibility index (Phi) is 6.36. The first-order valence-corrected chi connectivity index (χ1v) is 11.0. The third kappa shape index (κ3) is 3.78. The highest BCUT2D eigenvalue weighted by molar-refractivity contribution is 7.89. The molecule has 3 N–H and O–H groups in total. The Labute approximate surface area is 167 Å². The summed E-state index contributed by atoms with van der Waals surface area (Å²) in [5.74, 6) is -0.886. The molecule has 3 rings (SSSR count). The molecule has 2 aromatic rings. The van der Waals surface area contributed by atoms with E-state index in [1.165, 1.54) is 42.7 Å².